The van der Waals surface area contributed by atoms with Crippen LogP contribution in [0.2, 0.25) is 0 Å². The second-order valence-corrected chi connectivity index (χ2v) is 7.75. The maximum absolute atomic E-state index is 13.2. The Kier molecular flexibility index (Phi) is 6.74. The molecule has 2 aromatic rings. The van der Waals surface area contributed by atoms with Crippen LogP contribution < -0.4 is 5.73 Å². The van der Waals surface area contributed by atoms with Gasteiger partial charge in [-0.25, -0.2) is 9.50 Å². The summed E-state index contributed by atoms with van der Waals surface area (Å²) in [7, 11) is 1.55. The molecule has 162 valence electrons. The van der Waals surface area contributed by atoms with Gasteiger partial charge >= 0.3 is 0 Å². The highest BCUT2D eigenvalue weighted by Crippen LogP contribution is 2.25. The number of nitrogens with two attached hydrogens (primary N) is 1. The Morgan fingerprint density at radius 3 is 2.73 bits per heavy atom. The number of Topliss-reactive ketones (excluding diaryl/α,β-unsaturated/α-hetero) is 1. The van der Waals surface area contributed by atoms with Crippen LogP contribution in [0.3, 0.4) is 0 Å². The summed E-state index contributed by atoms with van der Waals surface area (Å²) in [4.78, 5) is 32.2. The molecular formula is C22H31N5O3. The third-order valence-corrected chi connectivity index (χ3v) is 5.91. The first kappa shape index (κ1) is 21.8. The summed E-state index contributed by atoms with van der Waals surface area (Å²) < 4.78 is 6.79. The number of ether oxygens (including phenoxy) is 1. The number of likely N-dealkylation sites (tertiary alicyclic amines) is 1. The Morgan fingerprint density at radius 2 is 2.10 bits per heavy atom. The van der Waals surface area contributed by atoms with E-state index in [0.29, 0.717) is 41.6 Å². The summed E-state index contributed by atoms with van der Waals surface area (Å²) in [6.45, 7) is 7.02. The van der Waals surface area contributed by atoms with Gasteiger partial charge in [-0.15, -0.1) is 5.10 Å². The minimum atomic E-state index is -0.138. The van der Waals surface area contributed by atoms with E-state index in [1.54, 1.807) is 30.3 Å². The number of hydrogen-bond acceptors (Lipinski definition) is 6. The first-order valence-electron chi connectivity index (χ1n) is 10.6. The third kappa shape index (κ3) is 4.17. The fourth-order valence-corrected chi connectivity index (χ4v) is 4.17. The molecular weight excluding hydrogens is 382 g/mol. The summed E-state index contributed by atoms with van der Waals surface area (Å²) in [6.07, 6.45) is 6.76. The molecule has 8 heteroatoms. The van der Waals surface area contributed by atoms with Crippen LogP contribution in [0.4, 0.5) is 5.69 Å². The maximum Gasteiger partial charge on any atom is 0.255 e. The average Bonchev–Trinajstić information content (AvgIpc) is 3.19. The van der Waals surface area contributed by atoms with Crippen molar-refractivity contribution >= 4 is 28.8 Å². The molecule has 0 bridgehead atoms. The number of ketones is 1. The van der Waals surface area contributed by atoms with Crippen molar-refractivity contribution in [3.8, 4) is 0 Å². The molecule has 0 radical (unpaired) electrons. The quantitative estimate of drug-likeness (QED) is 0.700. The van der Waals surface area contributed by atoms with Crippen molar-refractivity contribution in [1.82, 2.24) is 19.5 Å². The summed E-state index contributed by atoms with van der Waals surface area (Å²) in [5.74, 6) is 1.07. The Labute approximate surface area is 177 Å². The SMILES string of the molecule is C/C=C(\OC)c1nc2c(N)cc(C(=O)N3CCCC(C(=O)C(CC)CC)C3)cn2n1. The summed E-state index contributed by atoms with van der Waals surface area (Å²) in [5, 5.41) is 4.40. The van der Waals surface area contributed by atoms with Crippen molar-refractivity contribution in [3.05, 3.63) is 29.7 Å². The van der Waals surface area contributed by atoms with Crippen LogP contribution >= 0.6 is 0 Å². The van der Waals surface area contributed by atoms with Crippen LogP contribution in [-0.2, 0) is 9.53 Å². The van der Waals surface area contributed by atoms with Gasteiger partial charge in [0.15, 0.2) is 11.4 Å². The number of carbonyl (C=O) groups excluding carboxylic acids is 2. The van der Waals surface area contributed by atoms with Gasteiger partial charge in [0.2, 0.25) is 5.82 Å². The summed E-state index contributed by atoms with van der Waals surface area (Å²) in [5.41, 5.74) is 7.44. The van der Waals surface area contributed by atoms with E-state index in [4.69, 9.17) is 10.5 Å². The van der Waals surface area contributed by atoms with E-state index >= 15 is 0 Å². The van der Waals surface area contributed by atoms with E-state index in [0.717, 1.165) is 25.7 Å². The molecule has 0 saturated carbocycles. The number of pyridine rings is 1. The number of hydrogen-bond donors (Lipinski definition) is 1. The highest BCUT2D eigenvalue weighted by Gasteiger charge is 2.32. The van der Waals surface area contributed by atoms with Gasteiger partial charge in [-0.05, 0) is 44.7 Å². The van der Waals surface area contributed by atoms with Gasteiger partial charge in [0.05, 0.1) is 18.4 Å². The number of rotatable bonds is 7. The molecule has 0 aliphatic carbocycles. The van der Waals surface area contributed by atoms with E-state index in [9.17, 15) is 9.59 Å². The molecule has 1 amide bonds. The lowest BCUT2D eigenvalue weighted by Gasteiger charge is -2.33. The fraction of sp³-hybridized carbons (Fsp3) is 0.545. The van der Waals surface area contributed by atoms with Crippen molar-refractivity contribution in [2.45, 2.75) is 46.5 Å². The molecule has 8 nitrogen and oxygen atoms in total. The number of carbonyl (C=O) groups is 2. The lowest BCUT2D eigenvalue weighted by atomic mass is 9.84. The van der Waals surface area contributed by atoms with Crippen molar-refractivity contribution in [2.24, 2.45) is 11.8 Å². The zero-order valence-electron chi connectivity index (χ0n) is 18.2. The Hall–Kier alpha value is -2.90. The first-order valence-corrected chi connectivity index (χ1v) is 10.6. The first-order chi connectivity index (χ1) is 14.4. The van der Waals surface area contributed by atoms with Crippen LogP contribution in [-0.4, -0.2) is 51.4 Å². The van der Waals surface area contributed by atoms with Gasteiger partial charge in [-0.3, -0.25) is 9.59 Å². The van der Waals surface area contributed by atoms with Crippen LogP contribution in [0.25, 0.3) is 11.4 Å². The second-order valence-electron chi connectivity index (χ2n) is 7.75. The zero-order chi connectivity index (χ0) is 21.8. The molecule has 1 aliphatic rings. The molecule has 0 aromatic carbocycles. The number of nitrogen functional groups attached to an aromatic ring is 1. The smallest absolute Gasteiger partial charge is 0.255 e. The van der Waals surface area contributed by atoms with Crippen molar-refractivity contribution < 1.29 is 14.3 Å². The average molecular weight is 414 g/mol. The van der Waals surface area contributed by atoms with E-state index in [-0.39, 0.29) is 23.5 Å². The predicted octanol–water partition coefficient (Wildman–Crippen LogP) is 3.18. The molecule has 0 spiro atoms. The Bertz CT molecular complexity index is 961. The van der Waals surface area contributed by atoms with E-state index in [1.165, 1.54) is 4.52 Å². The lowest BCUT2D eigenvalue weighted by molar-refractivity contribution is -0.128. The van der Waals surface area contributed by atoms with E-state index in [1.807, 2.05) is 20.8 Å². The molecule has 2 N–H and O–H groups in total. The number of nitrogens with zero attached hydrogens (tertiary/aromatic N) is 4. The van der Waals surface area contributed by atoms with Crippen molar-refractivity contribution in [3.63, 3.8) is 0 Å². The molecule has 1 fully saturated rings. The van der Waals surface area contributed by atoms with Crippen LogP contribution in [0.15, 0.2) is 18.3 Å². The number of amides is 1. The third-order valence-electron chi connectivity index (χ3n) is 5.91. The topological polar surface area (TPSA) is 103 Å². The van der Waals surface area contributed by atoms with Crippen LogP contribution in [0.1, 0.15) is 62.6 Å². The van der Waals surface area contributed by atoms with Gasteiger partial charge in [0, 0.05) is 31.1 Å². The predicted molar refractivity (Wildman–Crippen MR) is 116 cm³/mol. The van der Waals surface area contributed by atoms with E-state index < -0.39 is 0 Å². The standard InChI is InChI=1S/C22H31N5O3/c1-5-14(6-2)19(28)15-9-8-10-26(12-15)22(29)16-11-17(23)21-24-20(18(7-3)30-4)25-27(21)13-16/h7,11,13-15H,5-6,8-10,12,23H2,1-4H3/b18-7-. The number of methoxy groups -OCH3 is 1. The van der Waals surface area contributed by atoms with Crippen LogP contribution in [0.5, 0.6) is 0 Å². The summed E-state index contributed by atoms with van der Waals surface area (Å²) >= 11 is 0. The van der Waals surface area contributed by atoms with Gasteiger partial charge in [0.25, 0.3) is 5.91 Å². The minimum Gasteiger partial charge on any atom is -0.493 e. The highest BCUT2D eigenvalue weighted by molar-refractivity contribution is 5.96. The molecule has 2 aromatic heterocycles. The maximum atomic E-state index is 13.2. The number of piperidine rings is 1. The van der Waals surface area contributed by atoms with Gasteiger partial charge < -0.3 is 15.4 Å². The highest BCUT2D eigenvalue weighted by atomic mass is 16.5. The fourth-order valence-electron chi connectivity index (χ4n) is 4.17. The Morgan fingerprint density at radius 1 is 1.37 bits per heavy atom. The monoisotopic (exact) mass is 413 g/mol. The zero-order valence-corrected chi connectivity index (χ0v) is 18.2. The molecule has 1 atom stereocenters. The molecule has 30 heavy (non-hydrogen) atoms. The van der Waals surface area contributed by atoms with Crippen molar-refractivity contribution in [1.29, 1.82) is 0 Å². The molecule has 3 heterocycles. The normalized spacial score (nSPS) is 17.6. The Balaban J connectivity index is 1.84. The number of aromatic nitrogens is 3. The number of anilines is 1. The minimum absolute atomic E-state index is 0.0761. The lowest BCUT2D eigenvalue weighted by Crippen LogP contribution is -2.43. The molecule has 3 rings (SSSR count). The van der Waals surface area contributed by atoms with Gasteiger partial charge in [-0.2, -0.15) is 0 Å². The van der Waals surface area contributed by atoms with Gasteiger partial charge in [-0.1, -0.05) is 13.8 Å². The van der Waals surface area contributed by atoms with E-state index in [2.05, 4.69) is 10.1 Å². The number of allylic oxidation sites excluding steroid dienone is 1. The van der Waals surface area contributed by atoms with Gasteiger partial charge in [0.1, 0.15) is 5.78 Å². The van der Waals surface area contributed by atoms with Crippen LogP contribution in [0, 0.1) is 11.8 Å². The summed E-state index contributed by atoms with van der Waals surface area (Å²) in [6, 6.07) is 1.63. The molecule has 1 unspecified atom stereocenters. The molecule has 1 aliphatic heterocycles. The molecule has 1 saturated heterocycles. The van der Waals surface area contributed by atoms with Crippen molar-refractivity contribution in [2.75, 3.05) is 25.9 Å². The largest absolute Gasteiger partial charge is 0.493 e. The number of fused-ring (bicyclic) bond motifs is 1. The second kappa shape index (κ2) is 9.28.